The van der Waals surface area contributed by atoms with Gasteiger partial charge in [-0.1, -0.05) is 19.0 Å². The molecular formula is C16H24N2O5. The van der Waals surface area contributed by atoms with Crippen LogP contribution in [-0.2, 0) is 33.6 Å². The lowest BCUT2D eigenvalue weighted by Gasteiger charge is -2.33. The van der Waals surface area contributed by atoms with Crippen molar-refractivity contribution in [2.45, 2.75) is 52.0 Å². The number of carbonyl (C=O) groups is 2. The summed E-state index contributed by atoms with van der Waals surface area (Å²) < 4.78 is 10.6. The maximum Gasteiger partial charge on any atom is 0.323 e. The topological polar surface area (TPSA) is 92.9 Å². The van der Waals surface area contributed by atoms with Crippen molar-refractivity contribution in [2.24, 2.45) is 0 Å². The van der Waals surface area contributed by atoms with Crippen molar-refractivity contribution in [2.75, 3.05) is 19.8 Å². The van der Waals surface area contributed by atoms with Gasteiger partial charge in [-0.3, -0.25) is 9.59 Å². The van der Waals surface area contributed by atoms with E-state index in [0.29, 0.717) is 44.7 Å². The molecule has 1 aromatic heterocycles. The molecule has 1 aliphatic rings. The van der Waals surface area contributed by atoms with E-state index in [1.54, 1.807) is 0 Å². The highest BCUT2D eigenvalue weighted by Crippen LogP contribution is 2.20. The molecule has 23 heavy (non-hydrogen) atoms. The van der Waals surface area contributed by atoms with Crippen molar-refractivity contribution in [3.05, 3.63) is 17.0 Å². The summed E-state index contributed by atoms with van der Waals surface area (Å²) in [5.41, 5.74) is 1.58. The number of aliphatic carboxylic acids is 1. The monoisotopic (exact) mass is 324 g/mol. The van der Waals surface area contributed by atoms with Crippen LogP contribution in [0.25, 0.3) is 0 Å². The molecule has 1 N–H and O–H groups in total. The Bertz CT molecular complexity index is 527. The zero-order chi connectivity index (χ0) is 16.8. The number of carboxylic acids is 1. The number of rotatable bonds is 7. The second-order valence-corrected chi connectivity index (χ2v) is 5.67. The van der Waals surface area contributed by atoms with Crippen LogP contribution in [-0.4, -0.2) is 52.8 Å². The molecule has 7 heteroatoms. The van der Waals surface area contributed by atoms with Crippen molar-refractivity contribution >= 4 is 11.9 Å². The molecule has 0 bridgehead atoms. The number of carboxylic acid groups (broad SMARTS) is 1. The predicted octanol–water partition coefficient (Wildman–Crippen LogP) is 1.43. The van der Waals surface area contributed by atoms with Crippen molar-refractivity contribution in [1.82, 2.24) is 10.1 Å². The molecule has 0 spiro atoms. The van der Waals surface area contributed by atoms with E-state index in [1.165, 1.54) is 4.90 Å². The van der Waals surface area contributed by atoms with Crippen LogP contribution < -0.4 is 0 Å². The minimum absolute atomic E-state index is 0.0811. The molecule has 0 radical (unpaired) electrons. The normalized spacial score (nSPS) is 15.6. The fourth-order valence-corrected chi connectivity index (χ4v) is 2.95. The van der Waals surface area contributed by atoms with Crippen molar-refractivity contribution in [1.29, 1.82) is 0 Å². The van der Waals surface area contributed by atoms with Crippen LogP contribution in [0.4, 0.5) is 0 Å². The summed E-state index contributed by atoms with van der Waals surface area (Å²) in [4.78, 5) is 25.4. The highest BCUT2D eigenvalue weighted by atomic mass is 16.5. The van der Waals surface area contributed by atoms with Gasteiger partial charge in [0, 0.05) is 31.2 Å². The standard InChI is InChI=1S/C16H24N2O5/c1-3-13-12(14(4-2)23-17-13)9-15(19)18(10-16(20)21)11-5-7-22-8-6-11/h11H,3-10H2,1-2H3,(H,20,21). The number of aromatic nitrogens is 1. The third kappa shape index (κ3) is 4.31. The maximum absolute atomic E-state index is 12.7. The minimum atomic E-state index is -0.999. The van der Waals surface area contributed by atoms with Crippen LogP contribution in [0, 0.1) is 0 Å². The Kier molecular flexibility index (Phi) is 6.15. The van der Waals surface area contributed by atoms with Crippen molar-refractivity contribution in [3.63, 3.8) is 0 Å². The average molecular weight is 324 g/mol. The zero-order valence-corrected chi connectivity index (χ0v) is 13.7. The third-order valence-corrected chi connectivity index (χ3v) is 4.19. The molecule has 1 aliphatic heterocycles. The summed E-state index contributed by atoms with van der Waals surface area (Å²) in [5, 5.41) is 13.1. The first kappa shape index (κ1) is 17.5. The van der Waals surface area contributed by atoms with E-state index in [2.05, 4.69) is 5.16 Å². The van der Waals surface area contributed by atoms with Crippen LogP contribution in [0.3, 0.4) is 0 Å². The number of amides is 1. The summed E-state index contributed by atoms with van der Waals surface area (Å²) >= 11 is 0. The quantitative estimate of drug-likeness (QED) is 0.815. The molecule has 7 nitrogen and oxygen atoms in total. The number of ether oxygens (including phenoxy) is 1. The van der Waals surface area contributed by atoms with Crippen LogP contribution >= 0.6 is 0 Å². The van der Waals surface area contributed by atoms with E-state index in [1.807, 2.05) is 13.8 Å². The molecule has 2 rings (SSSR count). The SMILES string of the molecule is CCc1noc(CC)c1CC(=O)N(CC(=O)O)C1CCOCC1. The number of hydrogen-bond donors (Lipinski definition) is 1. The van der Waals surface area contributed by atoms with Crippen LogP contribution in [0.5, 0.6) is 0 Å². The summed E-state index contributed by atoms with van der Waals surface area (Å²) in [6, 6.07) is -0.0811. The second-order valence-electron chi connectivity index (χ2n) is 5.67. The predicted molar refractivity (Wildman–Crippen MR) is 82.2 cm³/mol. The average Bonchev–Trinajstić information content (AvgIpc) is 2.95. The molecule has 128 valence electrons. The molecule has 1 aromatic rings. The number of carbonyl (C=O) groups excluding carboxylic acids is 1. The second kappa shape index (κ2) is 8.10. The van der Waals surface area contributed by atoms with E-state index >= 15 is 0 Å². The van der Waals surface area contributed by atoms with Gasteiger partial charge < -0.3 is 19.3 Å². The van der Waals surface area contributed by atoms with Crippen LogP contribution in [0.15, 0.2) is 4.52 Å². The molecule has 0 aromatic carbocycles. The van der Waals surface area contributed by atoms with E-state index in [0.717, 1.165) is 11.3 Å². The minimum Gasteiger partial charge on any atom is -0.480 e. The van der Waals surface area contributed by atoms with E-state index in [-0.39, 0.29) is 24.9 Å². The first-order valence-electron chi connectivity index (χ1n) is 8.12. The van der Waals surface area contributed by atoms with Crippen molar-refractivity contribution in [3.8, 4) is 0 Å². The molecule has 1 amide bonds. The van der Waals surface area contributed by atoms with Gasteiger partial charge in [0.2, 0.25) is 5.91 Å². The van der Waals surface area contributed by atoms with Gasteiger partial charge in [-0.05, 0) is 19.3 Å². The Morgan fingerprint density at radius 3 is 2.52 bits per heavy atom. The Balaban J connectivity index is 2.16. The Morgan fingerprint density at radius 2 is 1.96 bits per heavy atom. The molecule has 1 saturated heterocycles. The molecule has 0 atom stereocenters. The first-order chi connectivity index (χ1) is 11.1. The Hall–Kier alpha value is -1.89. The molecule has 0 unspecified atom stereocenters. The number of hydrogen-bond acceptors (Lipinski definition) is 5. The van der Waals surface area contributed by atoms with Crippen molar-refractivity contribution < 1.29 is 24.0 Å². The maximum atomic E-state index is 12.7. The van der Waals surface area contributed by atoms with Gasteiger partial charge in [0.25, 0.3) is 0 Å². The summed E-state index contributed by atoms with van der Waals surface area (Å²) in [6.45, 7) is 4.74. The number of aryl methyl sites for hydroxylation is 2. The van der Waals surface area contributed by atoms with Gasteiger partial charge in [0.15, 0.2) is 0 Å². The van der Waals surface area contributed by atoms with E-state index in [9.17, 15) is 9.59 Å². The molecular weight excluding hydrogens is 300 g/mol. The lowest BCUT2D eigenvalue weighted by Crippen LogP contribution is -2.46. The van der Waals surface area contributed by atoms with Gasteiger partial charge in [0.05, 0.1) is 12.1 Å². The third-order valence-electron chi connectivity index (χ3n) is 4.19. The first-order valence-corrected chi connectivity index (χ1v) is 8.12. The van der Waals surface area contributed by atoms with Crippen LogP contribution in [0.1, 0.15) is 43.7 Å². The van der Waals surface area contributed by atoms with Gasteiger partial charge in [0.1, 0.15) is 12.3 Å². The summed E-state index contributed by atoms with van der Waals surface area (Å²) in [7, 11) is 0. The molecule has 0 aliphatic carbocycles. The van der Waals surface area contributed by atoms with Gasteiger partial charge in [-0.15, -0.1) is 0 Å². The fourth-order valence-electron chi connectivity index (χ4n) is 2.95. The smallest absolute Gasteiger partial charge is 0.323 e. The largest absolute Gasteiger partial charge is 0.480 e. The molecule has 0 saturated carbocycles. The van der Waals surface area contributed by atoms with Crippen LogP contribution in [0.2, 0.25) is 0 Å². The lowest BCUT2D eigenvalue weighted by molar-refractivity contribution is -0.147. The summed E-state index contributed by atoms with van der Waals surface area (Å²) in [5.74, 6) is -0.481. The Morgan fingerprint density at radius 1 is 1.26 bits per heavy atom. The molecule has 1 fully saturated rings. The zero-order valence-electron chi connectivity index (χ0n) is 13.7. The van der Waals surface area contributed by atoms with Gasteiger partial charge in [-0.25, -0.2) is 0 Å². The molecule has 2 heterocycles. The van der Waals surface area contributed by atoms with E-state index < -0.39 is 5.97 Å². The highest BCUT2D eigenvalue weighted by molar-refractivity contribution is 5.83. The Labute approximate surface area is 135 Å². The fraction of sp³-hybridized carbons (Fsp3) is 0.688. The summed E-state index contributed by atoms with van der Waals surface area (Å²) in [6.07, 6.45) is 2.82. The van der Waals surface area contributed by atoms with E-state index in [4.69, 9.17) is 14.4 Å². The number of nitrogens with zero attached hydrogens (tertiary/aromatic N) is 2. The van der Waals surface area contributed by atoms with Gasteiger partial charge in [-0.2, -0.15) is 0 Å². The lowest BCUT2D eigenvalue weighted by atomic mass is 10.0. The highest BCUT2D eigenvalue weighted by Gasteiger charge is 2.29. The van der Waals surface area contributed by atoms with Gasteiger partial charge >= 0.3 is 5.97 Å².